The quantitative estimate of drug-likeness (QED) is 0.742. The first-order valence-corrected chi connectivity index (χ1v) is 6.30. The number of carbonyl (C=O) groups excluding carboxylic acids is 1. The molecular formula is C12H8N4O2S. The summed E-state index contributed by atoms with van der Waals surface area (Å²) in [6.45, 7) is 0. The van der Waals surface area contributed by atoms with Gasteiger partial charge in [0, 0.05) is 11.9 Å². The van der Waals surface area contributed by atoms with Gasteiger partial charge in [-0.3, -0.25) is 9.59 Å². The second kappa shape index (κ2) is 4.62. The predicted molar refractivity (Wildman–Crippen MR) is 72.4 cm³/mol. The van der Waals surface area contributed by atoms with Crippen molar-refractivity contribution in [3.63, 3.8) is 0 Å². The molecule has 0 bridgehead atoms. The molecule has 0 spiro atoms. The third-order valence-corrected chi connectivity index (χ3v) is 3.30. The largest absolute Gasteiger partial charge is 0.325 e. The molecule has 0 fully saturated rings. The van der Waals surface area contributed by atoms with Gasteiger partial charge >= 0.3 is 0 Å². The molecule has 19 heavy (non-hydrogen) atoms. The van der Waals surface area contributed by atoms with E-state index in [0.29, 0.717) is 5.69 Å². The molecule has 7 heteroatoms. The van der Waals surface area contributed by atoms with Crippen LogP contribution in [0.5, 0.6) is 0 Å². The van der Waals surface area contributed by atoms with Crippen LogP contribution in [0.2, 0.25) is 0 Å². The number of rotatable bonds is 2. The molecule has 2 aromatic heterocycles. The fourth-order valence-corrected chi connectivity index (χ4v) is 2.26. The molecule has 2 N–H and O–H groups in total. The van der Waals surface area contributed by atoms with Gasteiger partial charge in [0.2, 0.25) is 0 Å². The summed E-state index contributed by atoms with van der Waals surface area (Å²) >= 11 is 1.54. The van der Waals surface area contributed by atoms with Crippen molar-refractivity contribution in [1.82, 2.24) is 15.0 Å². The Morgan fingerprint density at radius 2 is 2.21 bits per heavy atom. The van der Waals surface area contributed by atoms with Crippen molar-refractivity contribution < 1.29 is 4.79 Å². The zero-order valence-corrected chi connectivity index (χ0v) is 10.4. The number of benzene rings is 1. The molecule has 0 saturated heterocycles. The van der Waals surface area contributed by atoms with Crippen LogP contribution in [0.1, 0.15) is 10.5 Å². The van der Waals surface area contributed by atoms with Gasteiger partial charge in [-0.05, 0) is 18.2 Å². The standard InChI is InChI=1S/C12H8N4O2S/c17-11-5-13-9(4-14-11)12(18)16-7-1-2-10-8(3-7)15-6-19-10/h1-6H,(H,14,17)(H,16,18). The fraction of sp³-hybridized carbons (Fsp3) is 0. The zero-order valence-electron chi connectivity index (χ0n) is 9.58. The van der Waals surface area contributed by atoms with E-state index in [1.54, 1.807) is 17.6 Å². The maximum atomic E-state index is 11.9. The molecule has 6 nitrogen and oxygen atoms in total. The van der Waals surface area contributed by atoms with Crippen LogP contribution in [-0.4, -0.2) is 20.9 Å². The van der Waals surface area contributed by atoms with E-state index in [1.165, 1.54) is 17.5 Å². The normalized spacial score (nSPS) is 10.5. The lowest BCUT2D eigenvalue weighted by molar-refractivity contribution is 0.102. The highest BCUT2D eigenvalue weighted by Gasteiger charge is 2.08. The van der Waals surface area contributed by atoms with Crippen LogP contribution in [-0.2, 0) is 0 Å². The molecule has 0 atom stereocenters. The van der Waals surface area contributed by atoms with Crippen molar-refractivity contribution in [2.24, 2.45) is 0 Å². The van der Waals surface area contributed by atoms with Gasteiger partial charge in [0.1, 0.15) is 5.69 Å². The lowest BCUT2D eigenvalue weighted by Gasteiger charge is -2.03. The fourth-order valence-electron chi connectivity index (χ4n) is 1.60. The Balaban J connectivity index is 1.85. The van der Waals surface area contributed by atoms with E-state index in [2.05, 4.69) is 20.3 Å². The number of aromatic amines is 1. The molecule has 94 valence electrons. The molecule has 0 aliphatic carbocycles. The van der Waals surface area contributed by atoms with Crippen LogP contribution < -0.4 is 10.9 Å². The molecular weight excluding hydrogens is 264 g/mol. The SMILES string of the molecule is O=C(Nc1ccc2scnc2c1)c1c[nH]c(=O)cn1. The van der Waals surface area contributed by atoms with Gasteiger partial charge in [-0.2, -0.15) is 0 Å². The summed E-state index contributed by atoms with van der Waals surface area (Å²) in [6.07, 6.45) is 2.34. The van der Waals surface area contributed by atoms with Crippen molar-refractivity contribution in [2.75, 3.05) is 5.32 Å². The van der Waals surface area contributed by atoms with Crippen molar-refractivity contribution in [1.29, 1.82) is 0 Å². The lowest BCUT2D eigenvalue weighted by atomic mass is 10.3. The van der Waals surface area contributed by atoms with Crippen molar-refractivity contribution in [3.8, 4) is 0 Å². The van der Waals surface area contributed by atoms with Gasteiger partial charge in [-0.25, -0.2) is 9.97 Å². The molecule has 0 saturated carbocycles. The van der Waals surface area contributed by atoms with E-state index < -0.39 is 0 Å². The second-order valence-electron chi connectivity index (χ2n) is 3.79. The molecule has 1 aromatic carbocycles. The minimum atomic E-state index is -0.383. The highest BCUT2D eigenvalue weighted by atomic mass is 32.1. The van der Waals surface area contributed by atoms with E-state index in [1.807, 2.05) is 6.07 Å². The minimum Gasteiger partial charge on any atom is -0.325 e. The summed E-state index contributed by atoms with van der Waals surface area (Å²) < 4.78 is 1.06. The Morgan fingerprint density at radius 3 is 3.00 bits per heavy atom. The van der Waals surface area contributed by atoms with Crippen LogP contribution in [0.3, 0.4) is 0 Å². The Morgan fingerprint density at radius 1 is 1.32 bits per heavy atom. The van der Waals surface area contributed by atoms with Crippen LogP contribution >= 0.6 is 11.3 Å². The number of nitrogens with one attached hydrogen (secondary N) is 2. The maximum absolute atomic E-state index is 11.9. The van der Waals surface area contributed by atoms with E-state index in [4.69, 9.17) is 0 Å². The number of hydrogen-bond acceptors (Lipinski definition) is 5. The number of hydrogen-bond donors (Lipinski definition) is 2. The molecule has 1 amide bonds. The predicted octanol–water partition coefficient (Wildman–Crippen LogP) is 1.63. The third-order valence-electron chi connectivity index (χ3n) is 2.49. The molecule has 0 aliphatic heterocycles. The average molecular weight is 272 g/mol. The minimum absolute atomic E-state index is 0.151. The molecule has 0 radical (unpaired) electrons. The van der Waals surface area contributed by atoms with Gasteiger partial charge in [0.25, 0.3) is 11.5 Å². The first kappa shape index (κ1) is 11.5. The van der Waals surface area contributed by atoms with E-state index in [-0.39, 0.29) is 17.2 Å². The summed E-state index contributed by atoms with van der Waals surface area (Å²) in [5.74, 6) is -0.383. The number of anilines is 1. The van der Waals surface area contributed by atoms with Crippen molar-refractivity contribution >= 4 is 33.1 Å². The van der Waals surface area contributed by atoms with Crippen LogP contribution in [0.4, 0.5) is 5.69 Å². The van der Waals surface area contributed by atoms with Crippen LogP contribution in [0.25, 0.3) is 10.2 Å². The van der Waals surface area contributed by atoms with Gasteiger partial charge in [-0.15, -0.1) is 11.3 Å². The second-order valence-corrected chi connectivity index (χ2v) is 4.67. The highest BCUT2D eigenvalue weighted by Crippen LogP contribution is 2.21. The van der Waals surface area contributed by atoms with Gasteiger partial charge in [0.05, 0.1) is 21.9 Å². The first-order chi connectivity index (χ1) is 9.22. The molecule has 3 rings (SSSR count). The van der Waals surface area contributed by atoms with Crippen molar-refractivity contribution in [2.45, 2.75) is 0 Å². The number of aromatic nitrogens is 3. The Labute approximate surface area is 111 Å². The summed E-state index contributed by atoms with van der Waals surface area (Å²) in [5, 5.41) is 2.70. The molecule has 0 unspecified atom stereocenters. The smallest absolute Gasteiger partial charge is 0.275 e. The van der Waals surface area contributed by atoms with Crippen LogP contribution in [0, 0.1) is 0 Å². The lowest BCUT2D eigenvalue weighted by Crippen LogP contribution is -2.16. The van der Waals surface area contributed by atoms with Crippen molar-refractivity contribution in [3.05, 3.63) is 52.2 Å². The van der Waals surface area contributed by atoms with Gasteiger partial charge < -0.3 is 10.3 Å². The summed E-state index contributed by atoms with van der Waals surface area (Å²) in [4.78, 5) is 33.1. The topological polar surface area (TPSA) is 87.7 Å². The summed E-state index contributed by atoms with van der Waals surface area (Å²) in [7, 11) is 0. The third kappa shape index (κ3) is 2.36. The zero-order chi connectivity index (χ0) is 13.2. The summed E-state index contributed by atoms with van der Waals surface area (Å²) in [6, 6.07) is 5.47. The van der Waals surface area contributed by atoms with E-state index in [9.17, 15) is 9.59 Å². The summed E-state index contributed by atoms with van der Waals surface area (Å²) in [5.41, 5.74) is 3.02. The van der Waals surface area contributed by atoms with E-state index in [0.717, 1.165) is 16.4 Å². The number of thiazole rings is 1. The number of H-pyrrole nitrogens is 1. The highest BCUT2D eigenvalue weighted by molar-refractivity contribution is 7.16. The van der Waals surface area contributed by atoms with Gasteiger partial charge in [0.15, 0.2) is 0 Å². The molecule has 2 heterocycles. The number of fused-ring (bicyclic) bond motifs is 1. The molecule has 0 aliphatic rings. The average Bonchev–Trinajstić information content (AvgIpc) is 2.87. The first-order valence-electron chi connectivity index (χ1n) is 5.42. The molecule has 3 aromatic rings. The Hall–Kier alpha value is -2.54. The maximum Gasteiger partial charge on any atom is 0.275 e. The monoisotopic (exact) mass is 272 g/mol. The van der Waals surface area contributed by atoms with Crippen LogP contribution in [0.15, 0.2) is 40.9 Å². The Kier molecular flexibility index (Phi) is 2.81. The number of nitrogens with zero attached hydrogens (tertiary/aromatic N) is 2. The number of carbonyl (C=O) groups is 1. The van der Waals surface area contributed by atoms with E-state index >= 15 is 0 Å². The Bertz CT molecular complexity index is 788. The van der Waals surface area contributed by atoms with Gasteiger partial charge in [-0.1, -0.05) is 0 Å². The number of amides is 1.